The summed E-state index contributed by atoms with van der Waals surface area (Å²) in [4.78, 5) is 43.1. The highest BCUT2D eigenvalue weighted by molar-refractivity contribution is 6.00. The molecule has 184 valence electrons. The standard InChI is InChI=1S/C24H33N5O5/c1-24(2,12-21(31)29(14-20(30)28-33)13-16-6-4-7-16)15-26-23(32)27-19-11-18(34-3)10-17-8-5-9-25-22(17)19/h5,8-11,16,33H,4,6-7,12-15H2,1-3H3,(H,28,30)(H2,26,27,32). The molecule has 2 aromatic rings. The zero-order chi connectivity index (χ0) is 24.7. The van der Waals surface area contributed by atoms with Crippen LogP contribution in [-0.4, -0.2) is 59.7 Å². The predicted molar refractivity (Wildman–Crippen MR) is 128 cm³/mol. The lowest BCUT2D eigenvalue weighted by Gasteiger charge is -2.34. The Morgan fingerprint density at radius 2 is 2.03 bits per heavy atom. The fraction of sp³-hybridized carbons (Fsp3) is 0.500. The summed E-state index contributed by atoms with van der Waals surface area (Å²) in [5.41, 5.74) is 2.19. The maximum Gasteiger partial charge on any atom is 0.319 e. The number of rotatable bonds is 10. The van der Waals surface area contributed by atoms with Crippen molar-refractivity contribution < 1.29 is 24.3 Å². The minimum atomic E-state index is -0.623. The molecule has 4 amide bonds. The molecule has 0 bridgehead atoms. The van der Waals surface area contributed by atoms with Crippen molar-refractivity contribution in [3.05, 3.63) is 30.5 Å². The van der Waals surface area contributed by atoms with Gasteiger partial charge in [0.15, 0.2) is 0 Å². The van der Waals surface area contributed by atoms with Crippen LogP contribution in [0.2, 0.25) is 0 Å². The summed E-state index contributed by atoms with van der Waals surface area (Å²) in [7, 11) is 1.55. The molecule has 0 saturated heterocycles. The Morgan fingerprint density at radius 1 is 1.26 bits per heavy atom. The van der Waals surface area contributed by atoms with Gasteiger partial charge in [-0.3, -0.25) is 19.8 Å². The number of carbonyl (C=O) groups excluding carboxylic acids is 3. The Morgan fingerprint density at radius 3 is 2.68 bits per heavy atom. The van der Waals surface area contributed by atoms with Gasteiger partial charge in [0.05, 0.1) is 18.3 Å². The molecule has 0 spiro atoms. The number of fused-ring (bicyclic) bond motifs is 1. The molecule has 1 heterocycles. The SMILES string of the molecule is COc1cc(NC(=O)NCC(C)(C)CC(=O)N(CC(=O)NO)CC2CCC2)c2ncccc2c1. The van der Waals surface area contributed by atoms with Crippen LogP contribution in [-0.2, 0) is 9.59 Å². The van der Waals surface area contributed by atoms with E-state index in [0.717, 1.165) is 24.6 Å². The first-order chi connectivity index (χ1) is 16.2. The average molecular weight is 472 g/mol. The number of pyridine rings is 1. The molecule has 4 N–H and O–H groups in total. The molecule has 1 fully saturated rings. The van der Waals surface area contributed by atoms with Gasteiger partial charge in [0.1, 0.15) is 12.3 Å². The van der Waals surface area contributed by atoms with E-state index in [2.05, 4.69) is 15.6 Å². The van der Waals surface area contributed by atoms with Crippen LogP contribution in [0.15, 0.2) is 30.5 Å². The molecule has 1 aliphatic rings. The third-order valence-corrected chi connectivity index (χ3v) is 6.03. The lowest BCUT2D eigenvalue weighted by atomic mass is 9.84. The zero-order valence-corrected chi connectivity index (χ0v) is 19.9. The van der Waals surface area contributed by atoms with E-state index in [1.165, 1.54) is 4.90 Å². The smallest absolute Gasteiger partial charge is 0.319 e. The highest BCUT2D eigenvalue weighted by Gasteiger charge is 2.30. The fourth-order valence-electron chi connectivity index (χ4n) is 3.90. The normalized spacial score (nSPS) is 13.6. The van der Waals surface area contributed by atoms with Gasteiger partial charge in [-0.15, -0.1) is 0 Å². The lowest BCUT2D eigenvalue weighted by Crippen LogP contribution is -2.46. The van der Waals surface area contributed by atoms with Gasteiger partial charge in [-0.2, -0.15) is 0 Å². The number of methoxy groups -OCH3 is 1. The molecule has 34 heavy (non-hydrogen) atoms. The van der Waals surface area contributed by atoms with Gasteiger partial charge in [0.2, 0.25) is 5.91 Å². The molecular formula is C24H33N5O5. The minimum Gasteiger partial charge on any atom is -0.497 e. The third kappa shape index (κ3) is 6.80. The fourth-order valence-corrected chi connectivity index (χ4v) is 3.90. The number of aromatic nitrogens is 1. The summed E-state index contributed by atoms with van der Waals surface area (Å²) in [5, 5.41) is 15.3. The van der Waals surface area contributed by atoms with E-state index >= 15 is 0 Å². The van der Waals surface area contributed by atoms with E-state index in [-0.39, 0.29) is 25.4 Å². The highest BCUT2D eigenvalue weighted by atomic mass is 16.5. The lowest BCUT2D eigenvalue weighted by molar-refractivity contribution is -0.141. The Bertz CT molecular complexity index is 1040. The highest BCUT2D eigenvalue weighted by Crippen LogP contribution is 2.29. The molecule has 0 unspecified atom stereocenters. The number of nitrogens with zero attached hydrogens (tertiary/aromatic N) is 2. The van der Waals surface area contributed by atoms with Crippen LogP contribution in [0.5, 0.6) is 5.75 Å². The number of hydrogen-bond donors (Lipinski definition) is 4. The molecule has 1 aromatic heterocycles. The molecule has 1 aliphatic carbocycles. The second kappa shape index (κ2) is 11.1. The molecular weight excluding hydrogens is 438 g/mol. The second-order valence-corrected chi connectivity index (χ2v) is 9.50. The van der Waals surface area contributed by atoms with Crippen molar-refractivity contribution in [3.8, 4) is 5.75 Å². The Hall–Kier alpha value is -3.40. The average Bonchev–Trinajstić information content (AvgIpc) is 2.78. The van der Waals surface area contributed by atoms with Crippen molar-refractivity contribution in [2.24, 2.45) is 11.3 Å². The van der Waals surface area contributed by atoms with Crippen molar-refractivity contribution in [3.63, 3.8) is 0 Å². The van der Waals surface area contributed by atoms with E-state index in [4.69, 9.17) is 9.94 Å². The van der Waals surface area contributed by atoms with E-state index in [9.17, 15) is 14.4 Å². The van der Waals surface area contributed by atoms with Crippen molar-refractivity contribution >= 4 is 34.4 Å². The maximum absolute atomic E-state index is 13.0. The summed E-state index contributed by atoms with van der Waals surface area (Å²) < 4.78 is 5.31. The molecule has 0 radical (unpaired) electrons. The number of carbonyl (C=O) groups is 3. The molecule has 0 atom stereocenters. The van der Waals surface area contributed by atoms with Crippen LogP contribution >= 0.6 is 0 Å². The number of anilines is 1. The zero-order valence-electron chi connectivity index (χ0n) is 19.9. The van der Waals surface area contributed by atoms with Crippen LogP contribution < -0.4 is 20.9 Å². The van der Waals surface area contributed by atoms with Gasteiger partial charge in [-0.25, -0.2) is 10.3 Å². The van der Waals surface area contributed by atoms with Gasteiger partial charge < -0.3 is 20.3 Å². The Balaban J connectivity index is 1.59. The molecule has 3 rings (SSSR count). The van der Waals surface area contributed by atoms with Crippen molar-refractivity contribution in [1.29, 1.82) is 0 Å². The Kier molecular flexibility index (Phi) is 8.27. The minimum absolute atomic E-state index is 0.141. The largest absolute Gasteiger partial charge is 0.497 e. The second-order valence-electron chi connectivity index (χ2n) is 9.50. The summed E-state index contributed by atoms with van der Waals surface area (Å²) >= 11 is 0. The molecule has 0 aliphatic heterocycles. The van der Waals surface area contributed by atoms with E-state index in [1.54, 1.807) is 24.9 Å². The number of hydrogen-bond acceptors (Lipinski definition) is 6. The topological polar surface area (TPSA) is 133 Å². The van der Waals surface area contributed by atoms with Gasteiger partial charge >= 0.3 is 6.03 Å². The van der Waals surface area contributed by atoms with Crippen molar-refractivity contribution in [2.45, 2.75) is 39.5 Å². The summed E-state index contributed by atoms with van der Waals surface area (Å²) in [6.07, 6.45) is 4.98. The number of amides is 4. The summed E-state index contributed by atoms with van der Waals surface area (Å²) in [6.45, 7) is 4.30. The molecule has 1 saturated carbocycles. The van der Waals surface area contributed by atoms with Crippen LogP contribution in [0.3, 0.4) is 0 Å². The van der Waals surface area contributed by atoms with E-state index in [1.807, 2.05) is 32.0 Å². The third-order valence-electron chi connectivity index (χ3n) is 6.03. The van der Waals surface area contributed by atoms with Crippen molar-refractivity contribution in [1.82, 2.24) is 20.7 Å². The monoisotopic (exact) mass is 471 g/mol. The van der Waals surface area contributed by atoms with Crippen LogP contribution in [0.25, 0.3) is 10.9 Å². The number of hydroxylamine groups is 1. The van der Waals surface area contributed by atoms with E-state index in [0.29, 0.717) is 29.4 Å². The first-order valence-corrected chi connectivity index (χ1v) is 11.4. The quantitative estimate of drug-likeness (QED) is 0.311. The van der Waals surface area contributed by atoms with Gasteiger partial charge in [-0.1, -0.05) is 26.3 Å². The predicted octanol–water partition coefficient (Wildman–Crippen LogP) is 2.92. The van der Waals surface area contributed by atoms with Crippen LogP contribution in [0, 0.1) is 11.3 Å². The van der Waals surface area contributed by atoms with Crippen molar-refractivity contribution in [2.75, 3.05) is 32.1 Å². The van der Waals surface area contributed by atoms with Crippen LogP contribution in [0.4, 0.5) is 10.5 Å². The number of nitrogens with one attached hydrogen (secondary N) is 3. The number of benzene rings is 1. The Labute approximate surface area is 199 Å². The first-order valence-electron chi connectivity index (χ1n) is 11.4. The summed E-state index contributed by atoms with van der Waals surface area (Å²) in [6, 6.07) is 6.81. The van der Waals surface area contributed by atoms with Crippen LogP contribution in [0.1, 0.15) is 39.5 Å². The molecule has 1 aromatic carbocycles. The first kappa shape index (κ1) is 25.2. The van der Waals surface area contributed by atoms with E-state index < -0.39 is 17.4 Å². The van der Waals surface area contributed by atoms with Gasteiger partial charge in [-0.05, 0) is 36.3 Å². The molecule has 10 nitrogen and oxygen atoms in total. The number of urea groups is 1. The maximum atomic E-state index is 13.0. The molecule has 10 heteroatoms. The summed E-state index contributed by atoms with van der Waals surface area (Å²) in [5.74, 6) is 0.168. The number of ether oxygens (including phenoxy) is 1. The van der Waals surface area contributed by atoms with Gasteiger partial charge in [0.25, 0.3) is 5.91 Å². The van der Waals surface area contributed by atoms with Gasteiger partial charge in [0, 0.05) is 37.2 Å².